The van der Waals surface area contributed by atoms with E-state index in [4.69, 9.17) is 9.47 Å². The van der Waals surface area contributed by atoms with Gasteiger partial charge in [0.15, 0.2) is 0 Å². The van der Waals surface area contributed by atoms with E-state index < -0.39 is 0 Å². The Labute approximate surface area is 129 Å². The summed E-state index contributed by atoms with van der Waals surface area (Å²) in [6.45, 7) is 1.36. The first kappa shape index (κ1) is 15.0. The molecule has 22 heavy (non-hydrogen) atoms. The fourth-order valence-corrected chi connectivity index (χ4v) is 3.52. The van der Waals surface area contributed by atoms with E-state index in [9.17, 15) is 4.79 Å². The summed E-state index contributed by atoms with van der Waals surface area (Å²) in [5, 5.41) is 0.604. The number of ether oxygens (including phenoxy) is 2. The lowest BCUT2D eigenvalue weighted by Gasteiger charge is -2.28. The van der Waals surface area contributed by atoms with Crippen LogP contribution < -0.4 is 10.3 Å². The van der Waals surface area contributed by atoms with Gasteiger partial charge in [-0.15, -0.1) is 0 Å². The van der Waals surface area contributed by atoms with E-state index in [2.05, 4.69) is 4.98 Å². The average Bonchev–Trinajstić information content (AvgIpc) is 2.99. The smallest absolute Gasteiger partial charge is 0.261 e. The Bertz CT molecular complexity index is 717. The maximum atomic E-state index is 12.8. The molecule has 0 aliphatic heterocycles. The van der Waals surface area contributed by atoms with Crippen LogP contribution in [0.2, 0.25) is 0 Å². The number of hydrogen-bond acceptors (Lipinski definition) is 4. The summed E-state index contributed by atoms with van der Waals surface area (Å²) in [6.07, 6.45) is 6.26. The fraction of sp³-hybridized carbons (Fsp3) is 0.529. The topological polar surface area (TPSA) is 53.4 Å². The number of benzene rings is 1. The van der Waals surface area contributed by atoms with Gasteiger partial charge in [0, 0.05) is 19.1 Å². The standard InChI is InChI=1S/C17H22N2O3/c1-21-11-17(7-3-4-8-17)10-19-12-18-15-6-5-13(22-2)9-14(15)16(19)20/h5-6,9,12H,3-4,7-8,10-11H2,1-2H3. The lowest BCUT2D eigenvalue weighted by atomic mass is 9.87. The minimum absolute atomic E-state index is 0.00808. The van der Waals surface area contributed by atoms with Crippen LogP contribution in [0.15, 0.2) is 29.3 Å². The first-order chi connectivity index (χ1) is 10.7. The van der Waals surface area contributed by atoms with Crippen LogP contribution >= 0.6 is 0 Å². The summed E-state index contributed by atoms with van der Waals surface area (Å²) < 4.78 is 12.4. The Balaban J connectivity index is 2.00. The van der Waals surface area contributed by atoms with Crippen molar-refractivity contribution in [2.45, 2.75) is 32.2 Å². The third kappa shape index (κ3) is 2.73. The summed E-state index contributed by atoms with van der Waals surface area (Å²) >= 11 is 0. The second-order valence-corrected chi connectivity index (χ2v) is 6.20. The molecule has 0 unspecified atom stereocenters. The molecule has 0 spiro atoms. The minimum Gasteiger partial charge on any atom is -0.497 e. The molecule has 0 N–H and O–H groups in total. The van der Waals surface area contributed by atoms with Gasteiger partial charge in [-0.25, -0.2) is 4.98 Å². The van der Waals surface area contributed by atoms with Gasteiger partial charge in [0.1, 0.15) is 5.75 Å². The highest BCUT2D eigenvalue weighted by Crippen LogP contribution is 2.39. The summed E-state index contributed by atoms with van der Waals surface area (Å²) in [6, 6.07) is 5.40. The van der Waals surface area contributed by atoms with Crippen LogP contribution in [-0.2, 0) is 11.3 Å². The molecule has 5 nitrogen and oxygen atoms in total. The normalized spacial score (nSPS) is 17.0. The Morgan fingerprint density at radius 3 is 2.73 bits per heavy atom. The highest BCUT2D eigenvalue weighted by Gasteiger charge is 2.34. The highest BCUT2D eigenvalue weighted by molar-refractivity contribution is 5.78. The number of nitrogens with zero attached hydrogens (tertiary/aromatic N) is 2. The van der Waals surface area contributed by atoms with Gasteiger partial charge in [-0.3, -0.25) is 9.36 Å². The number of fused-ring (bicyclic) bond motifs is 1. The summed E-state index contributed by atoms with van der Waals surface area (Å²) in [7, 11) is 3.33. The van der Waals surface area contributed by atoms with Crippen molar-refractivity contribution in [2.75, 3.05) is 20.8 Å². The molecule has 1 fully saturated rings. The SMILES string of the molecule is COCC1(Cn2cnc3ccc(OC)cc3c2=O)CCCC1. The predicted molar refractivity (Wildman–Crippen MR) is 85.3 cm³/mol. The Hall–Kier alpha value is -1.88. The molecule has 1 heterocycles. The summed E-state index contributed by atoms with van der Waals surface area (Å²) in [5.74, 6) is 0.677. The maximum absolute atomic E-state index is 12.8. The van der Waals surface area contributed by atoms with Crippen LogP contribution in [0.3, 0.4) is 0 Å². The minimum atomic E-state index is -0.00808. The molecule has 118 valence electrons. The van der Waals surface area contributed by atoms with Crippen molar-refractivity contribution < 1.29 is 9.47 Å². The van der Waals surface area contributed by atoms with E-state index in [0.29, 0.717) is 29.8 Å². The summed E-state index contributed by atoms with van der Waals surface area (Å²) in [4.78, 5) is 17.2. The number of aromatic nitrogens is 2. The van der Waals surface area contributed by atoms with Crippen LogP contribution in [0.5, 0.6) is 5.75 Å². The van der Waals surface area contributed by atoms with E-state index >= 15 is 0 Å². The average molecular weight is 302 g/mol. The van der Waals surface area contributed by atoms with Crippen molar-refractivity contribution in [1.82, 2.24) is 9.55 Å². The zero-order chi connectivity index (χ0) is 15.6. The van der Waals surface area contributed by atoms with Gasteiger partial charge in [-0.05, 0) is 31.0 Å². The van der Waals surface area contributed by atoms with Crippen LogP contribution in [0, 0.1) is 5.41 Å². The molecule has 5 heteroatoms. The Kier molecular flexibility index (Phi) is 4.16. The van der Waals surface area contributed by atoms with E-state index in [-0.39, 0.29) is 11.0 Å². The number of hydrogen-bond donors (Lipinski definition) is 0. The molecule has 1 aliphatic carbocycles. The molecule has 0 saturated heterocycles. The van der Waals surface area contributed by atoms with Crippen molar-refractivity contribution >= 4 is 10.9 Å². The van der Waals surface area contributed by atoms with Gasteiger partial charge < -0.3 is 9.47 Å². The molecule has 0 amide bonds. The molecule has 1 aliphatic rings. The zero-order valence-electron chi connectivity index (χ0n) is 13.2. The van der Waals surface area contributed by atoms with Gasteiger partial charge in [0.05, 0.1) is 30.9 Å². The molecule has 1 aromatic carbocycles. The van der Waals surface area contributed by atoms with Crippen molar-refractivity contribution in [3.8, 4) is 5.75 Å². The monoisotopic (exact) mass is 302 g/mol. The van der Waals surface area contributed by atoms with Crippen molar-refractivity contribution in [2.24, 2.45) is 5.41 Å². The Morgan fingerprint density at radius 1 is 1.27 bits per heavy atom. The first-order valence-electron chi connectivity index (χ1n) is 7.70. The molecular weight excluding hydrogens is 280 g/mol. The van der Waals surface area contributed by atoms with E-state index in [0.717, 1.165) is 12.8 Å². The molecule has 0 bridgehead atoms. The second-order valence-electron chi connectivity index (χ2n) is 6.20. The zero-order valence-corrected chi connectivity index (χ0v) is 13.2. The molecule has 0 radical (unpaired) electrons. The van der Waals surface area contributed by atoms with Crippen LogP contribution in [0.4, 0.5) is 0 Å². The van der Waals surface area contributed by atoms with Crippen molar-refractivity contribution in [3.05, 3.63) is 34.9 Å². The third-order valence-corrected chi connectivity index (χ3v) is 4.65. The maximum Gasteiger partial charge on any atom is 0.261 e. The Morgan fingerprint density at radius 2 is 2.05 bits per heavy atom. The van der Waals surface area contributed by atoms with Crippen LogP contribution in [0.1, 0.15) is 25.7 Å². The van der Waals surface area contributed by atoms with E-state index in [1.165, 1.54) is 12.8 Å². The van der Waals surface area contributed by atoms with Crippen LogP contribution in [-0.4, -0.2) is 30.4 Å². The lowest BCUT2D eigenvalue weighted by molar-refractivity contribution is 0.0689. The van der Waals surface area contributed by atoms with Crippen molar-refractivity contribution in [1.29, 1.82) is 0 Å². The highest BCUT2D eigenvalue weighted by atomic mass is 16.5. The van der Waals surface area contributed by atoms with Crippen LogP contribution in [0.25, 0.3) is 10.9 Å². The largest absolute Gasteiger partial charge is 0.497 e. The molecule has 1 saturated carbocycles. The predicted octanol–water partition coefficient (Wildman–Crippen LogP) is 2.61. The molecule has 3 rings (SSSR count). The van der Waals surface area contributed by atoms with Gasteiger partial charge in [0.25, 0.3) is 5.56 Å². The quantitative estimate of drug-likeness (QED) is 0.852. The van der Waals surface area contributed by atoms with E-state index in [1.807, 2.05) is 12.1 Å². The van der Waals surface area contributed by atoms with E-state index in [1.54, 1.807) is 31.2 Å². The molecule has 1 aromatic heterocycles. The van der Waals surface area contributed by atoms with Gasteiger partial charge in [0.2, 0.25) is 0 Å². The number of methoxy groups -OCH3 is 2. The molecule has 2 aromatic rings. The lowest BCUT2D eigenvalue weighted by Crippen LogP contribution is -2.34. The number of rotatable bonds is 5. The first-order valence-corrected chi connectivity index (χ1v) is 7.70. The fourth-order valence-electron chi connectivity index (χ4n) is 3.52. The molecule has 0 atom stereocenters. The van der Waals surface area contributed by atoms with Gasteiger partial charge in [-0.1, -0.05) is 12.8 Å². The van der Waals surface area contributed by atoms with Crippen molar-refractivity contribution in [3.63, 3.8) is 0 Å². The van der Waals surface area contributed by atoms with Gasteiger partial charge in [-0.2, -0.15) is 0 Å². The summed E-state index contributed by atoms with van der Waals surface area (Å²) in [5.41, 5.74) is 0.757. The third-order valence-electron chi connectivity index (χ3n) is 4.65. The van der Waals surface area contributed by atoms with Gasteiger partial charge >= 0.3 is 0 Å². The molecular formula is C17H22N2O3. The second kappa shape index (κ2) is 6.08.